The zero-order valence-electron chi connectivity index (χ0n) is 21.0. The van der Waals surface area contributed by atoms with Crippen molar-refractivity contribution in [1.29, 1.82) is 0 Å². The maximum atomic E-state index is 12.8. The van der Waals surface area contributed by atoms with E-state index in [1.165, 1.54) is 70.3 Å². The highest BCUT2D eigenvalue weighted by atomic mass is 32.2. The van der Waals surface area contributed by atoms with E-state index in [4.69, 9.17) is 4.55 Å². The summed E-state index contributed by atoms with van der Waals surface area (Å²) in [5, 5.41) is 19.6. The third-order valence-electron chi connectivity index (χ3n) is 6.44. The summed E-state index contributed by atoms with van der Waals surface area (Å²) in [4.78, 5) is 17.1. The van der Waals surface area contributed by atoms with Crippen molar-refractivity contribution in [2.24, 2.45) is 4.99 Å². The Kier molecular flexibility index (Phi) is 15.7. The largest absolute Gasteiger partial charge is 0.390 e. The Bertz CT molecular complexity index is 738. The smallest absolute Gasteiger partial charge is 0.271 e. The van der Waals surface area contributed by atoms with E-state index in [1.807, 2.05) is 6.08 Å². The predicted octanol–water partition coefficient (Wildman–Crippen LogP) is 3.67. The molecule has 8 nitrogen and oxygen atoms in total. The summed E-state index contributed by atoms with van der Waals surface area (Å²) in [6, 6.07) is 0. The van der Waals surface area contributed by atoms with Gasteiger partial charge in [0, 0.05) is 0 Å². The van der Waals surface area contributed by atoms with E-state index in [1.54, 1.807) is 0 Å². The second-order valence-corrected chi connectivity index (χ2v) is 11.0. The van der Waals surface area contributed by atoms with Crippen molar-refractivity contribution >= 4 is 21.7 Å². The van der Waals surface area contributed by atoms with Crippen molar-refractivity contribution in [3.05, 3.63) is 12.2 Å². The van der Waals surface area contributed by atoms with Gasteiger partial charge in [-0.15, -0.1) is 0 Å². The first-order valence-corrected chi connectivity index (χ1v) is 14.7. The first-order valence-electron chi connectivity index (χ1n) is 13.1. The molecular weight excluding hydrogens is 456 g/mol. The topological polar surface area (TPSA) is 124 Å². The van der Waals surface area contributed by atoms with E-state index < -0.39 is 22.0 Å². The summed E-state index contributed by atoms with van der Waals surface area (Å²) in [7, 11) is -4.34. The van der Waals surface area contributed by atoms with Gasteiger partial charge in [-0.1, -0.05) is 83.6 Å². The van der Waals surface area contributed by atoms with Crippen molar-refractivity contribution in [1.82, 2.24) is 0 Å². The number of aliphatic imine (C=N–C) groups is 1. The van der Waals surface area contributed by atoms with Crippen molar-refractivity contribution in [2.75, 3.05) is 38.5 Å². The number of rotatable bonds is 21. The molecule has 0 aromatic carbocycles. The number of hydrogen-bond donors (Lipinski definition) is 3. The van der Waals surface area contributed by atoms with E-state index in [0.29, 0.717) is 13.1 Å². The molecule has 0 aliphatic carbocycles. The number of aliphatic hydroxyl groups is 2. The summed E-state index contributed by atoms with van der Waals surface area (Å²) in [6.45, 7) is 2.83. The Hall–Kier alpha value is -1.13. The van der Waals surface area contributed by atoms with E-state index in [9.17, 15) is 23.4 Å². The maximum absolute atomic E-state index is 12.8. The van der Waals surface area contributed by atoms with E-state index in [-0.39, 0.29) is 35.8 Å². The van der Waals surface area contributed by atoms with Crippen molar-refractivity contribution in [2.45, 2.75) is 96.5 Å². The molecule has 1 aliphatic heterocycles. The summed E-state index contributed by atoms with van der Waals surface area (Å²) in [5.41, 5.74) is 0. The van der Waals surface area contributed by atoms with Crippen LogP contribution in [0.3, 0.4) is 0 Å². The average molecular weight is 504 g/mol. The van der Waals surface area contributed by atoms with Crippen LogP contribution >= 0.6 is 0 Å². The molecule has 0 amide bonds. The quantitative estimate of drug-likeness (QED) is 0.0950. The second-order valence-electron chi connectivity index (χ2n) is 9.55. The molecule has 0 bridgehead atoms. The van der Waals surface area contributed by atoms with Crippen LogP contribution < -0.4 is 0 Å². The standard InChI is InChI=1S/C25H46N2O6S/c1-2-3-4-5-6-7-8-9-10-11-12-13-14-15-16-24(30)25-26-17-18-27(25,19-20-28)21-23(29)22-34(31,32)33/h15-16,23,28-29H,2-14,17-22H2,1H3/p+1/b16-15+. The first kappa shape index (κ1) is 30.9. The predicted molar refractivity (Wildman–Crippen MR) is 137 cm³/mol. The van der Waals surface area contributed by atoms with E-state index >= 15 is 0 Å². The Morgan fingerprint density at radius 3 is 2.12 bits per heavy atom. The summed E-state index contributed by atoms with van der Waals surface area (Å²) in [5.74, 6) is -0.854. The van der Waals surface area contributed by atoms with E-state index in [0.717, 1.165) is 19.3 Å². The SMILES string of the molecule is CCCCCCCCCCCCCC/C=C/C(=O)C1=NCC[N+]1(CCO)CC(O)CS(=O)(=O)O. The van der Waals surface area contributed by atoms with Gasteiger partial charge in [-0.05, 0) is 18.9 Å². The summed E-state index contributed by atoms with van der Waals surface area (Å²) >= 11 is 0. The molecule has 0 fully saturated rings. The van der Waals surface area contributed by atoms with Crippen LogP contribution in [0, 0.1) is 0 Å². The molecule has 3 N–H and O–H groups in total. The Morgan fingerprint density at radius 1 is 1.03 bits per heavy atom. The summed E-state index contributed by atoms with van der Waals surface area (Å²) in [6.07, 6.45) is 18.2. The molecule has 198 valence electrons. The van der Waals surface area contributed by atoms with Crippen LogP contribution in [0.25, 0.3) is 0 Å². The third-order valence-corrected chi connectivity index (χ3v) is 7.25. The van der Waals surface area contributed by atoms with Gasteiger partial charge in [-0.3, -0.25) is 13.8 Å². The number of quaternary nitrogens is 1. The van der Waals surface area contributed by atoms with Gasteiger partial charge in [0.2, 0.25) is 0 Å². The van der Waals surface area contributed by atoms with Gasteiger partial charge >= 0.3 is 0 Å². The van der Waals surface area contributed by atoms with Crippen LogP contribution in [0.4, 0.5) is 0 Å². The number of amidine groups is 1. The number of ketones is 1. The minimum Gasteiger partial charge on any atom is -0.390 e. The zero-order valence-corrected chi connectivity index (χ0v) is 21.9. The number of carbonyl (C=O) groups is 1. The fourth-order valence-corrected chi connectivity index (χ4v) is 5.25. The number of unbranched alkanes of at least 4 members (excludes halogenated alkanes) is 12. The first-order chi connectivity index (χ1) is 16.2. The molecule has 34 heavy (non-hydrogen) atoms. The molecule has 0 aromatic heterocycles. The molecule has 0 radical (unpaired) electrons. The van der Waals surface area contributed by atoms with Crippen LogP contribution in [0.1, 0.15) is 90.4 Å². The average Bonchev–Trinajstić information content (AvgIpc) is 3.15. The lowest BCUT2D eigenvalue weighted by molar-refractivity contribution is -0.837. The maximum Gasteiger partial charge on any atom is 0.271 e. The monoisotopic (exact) mass is 503 g/mol. The summed E-state index contributed by atoms with van der Waals surface area (Å²) < 4.78 is 31.1. The normalized spacial score (nSPS) is 19.6. The lowest BCUT2D eigenvalue weighted by Crippen LogP contribution is -2.58. The molecule has 9 heteroatoms. The molecule has 0 saturated heterocycles. The molecule has 2 unspecified atom stereocenters. The van der Waals surface area contributed by atoms with Crippen molar-refractivity contribution < 1.29 is 32.5 Å². The van der Waals surface area contributed by atoms with Crippen molar-refractivity contribution in [3.63, 3.8) is 0 Å². The third kappa shape index (κ3) is 13.1. The highest BCUT2D eigenvalue weighted by Crippen LogP contribution is 2.19. The minimum atomic E-state index is -4.34. The molecule has 1 aliphatic rings. The van der Waals surface area contributed by atoms with Crippen LogP contribution in [-0.2, 0) is 14.9 Å². The molecular formula is C25H47N2O6S+. The van der Waals surface area contributed by atoms with Crippen molar-refractivity contribution in [3.8, 4) is 0 Å². The molecule has 0 aromatic rings. The van der Waals surface area contributed by atoms with Gasteiger partial charge in [-0.25, -0.2) is 4.99 Å². The van der Waals surface area contributed by atoms with Crippen LogP contribution in [-0.4, -0.2) is 83.9 Å². The fraction of sp³-hybridized carbons (Fsp3) is 0.840. The van der Waals surface area contributed by atoms with E-state index in [2.05, 4.69) is 11.9 Å². The van der Waals surface area contributed by atoms with Gasteiger partial charge in [0.25, 0.3) is 21.7 Å². The zero-order chi connectivity index (χ0) is 25.3. The number of carbonyl (C=O) groups excluding carboxylic acids is 1. The van der Waals surface area contributed by atoms with Gasteiger partial charge < -0.3 is 10.2 Å². The lowest BCUT2D eigenvalue weighted by Gasteiger charge is -2.34. The second kappa shape index (κ2) is 17.3. The van der Waals surface area contributed by atoms with Gasteiger partial charge in [0.1, 0.15) is 31.5 Å². The number of nitrogens with zero attached hydrogens (tertiary/aromatic N) is 2. The van der Waals surface area contributed by atoms with Gasteiger partial charge in [0.15, 0.2) is 0 Å². The number of allylic oxidation sites excluding steroid dienone is 1. The highest BCUT2D eigenvalue weighted by Gasteiger charge is 2.43. The Labute approximate surface area is 206 Å². The molecule has 1 rings (SSSR count). The Morgan fingerprint density at radius 2 is 1.59 bits per heavy atom. The fourth-order valence-electron chi connectivity index (χ4n) is 4.66. The molecule has 0 spiro atoms. The van der Waals surface area contributed by atoms with Gasteiger partial charge in [0.05, 0.1) is 13.2 Å². The highest BCUT2D eigenvalue weighted by molar-refractivity contribution is 7.85. The minimum absolute atomic E-state index is 0.0744. The Balaban J connectivity index is 2.32. The molecule has 1 heterocycles. The molecule has 0 saturated carbocycles. The number of hydrogen-bond acceptors (Lipinski definition) is 6. The van der Waals surface area contributed by atoms with Crippen LogP contribution in [0.2, 0.25) is 0 Å². The van der Waals surface area contributed by atoms with Crippen LogP contribution in [0.5, 0.6) is 0 Å². The van der Waals surface area contributed by atoms with Gasteiger partial charge in [-0.2, -0.15) is 8.42 Å². The van der Waals surface area contributed by atoms with Crippen LogP contribution in [0.15, 0.2) is 17.1 Å². The molecule has 2 atom stereocenters. The lowest BCUT2D eigenvalue weighted by atomic mass is 10.0. The number of aliphatic hydroxyl groups excluding tert-OH is 2.